The van der Waals surface area contributed by atoms with Crippen LogP contribution in [0, 0.1) is 5.21 Å². The van der Waals surface area contributed by atoms with E-state index in [1.807, 2.05) is 6.92 Å². The molecule has 0 aliphatic heterocycles. The Balaban J connectivity index is 2.19. The summed E-state index contributed by atoms with van der Waals surface area (Å²) in [5.74, 6) is -3.62. The van der Waals surface area contributed by atoms with Gasteiger partial charge >= 0.3 is 5.92 Å². The lowest BCUT2D eigenvalue weighted by Crippen LogP contribution is -2.41. The molecule has 6 nitrogen and oxygen atoms in total. The van der Waals surface area contributed by atoms with Gasteiger partial charge in [0.25, 0.3) is 11.3 Å². The van der Waals surface area contributed by atoms with E-state index < -0.39 is 23.7 Å². The Labute approximate surface area is 119 Å². The van der Waals surface area contributed by atoms with Gasteiger partial charge < -0.3 is 15.5 Å². The molecule has 0 aliphatic carbocycles. The van der Waals surface area contributed by atoms with E-state index in [9.17, 15) is 18.8 Å². The number of H-pyrrole nitrogens is 1. The van der Waals surface area contributed by atoms with E-state index in [0.717, 1.165) is 12.3 Å². The van der Waals surface area contributed by atoms with Crippen LogP contribution < -0.4 is 15.6 Å². The molecule has 2 N–H and O–H groups in total. The number of halogens is 2. The van der Waals surface area contributed by atoms with Crippen LogP contribution in [0.5, 0.6) is 0 Å². The lowest BCUT2D eigenvalue weighted by molar-refractivity contribution is -0.624. The molecule has 21 heavy (non-hydrogen) atoms. The molecule has 2 heterocycles. The van der Waals surface area contributed by atoms with Gasteiger partial charge in [0.15, 0.2) is 12.0 Å². The third kappa shape index (κ3) is 3.33. The SMILES string of the molecule is CCc1c[nH]c(=O)c(NCC(F)(F)c2cccc[n+]2[O-])n1. The molecule has 0 radical (unpaired) electrons. The van der Waals surface area contributed by atoms with Crippen LogP contribution in [0.1, 0.15) is 18.3 Å². The first-order valence-electron chi connectivity index (χ1n) is 6.33. The van der Waals surface area contributed by atoms with Crippen LogP contribution in [0.4, 0.5) is 14.6 Å². The van der Waals surface area contributed by atoms with Crippen molar-refractivity contribution in [3.8, 4) is 0 Å². The molecule has 2 aromatic rings. The van der Waals surface area contributed by atoms with E-state index in [0.29, 0.717) is 12.1 Å². The minimum atomic E-state index is -3.43. The predicted octanol–water partition coefficient (Wildman–Crippen LogP) is 1.17. The minimum absolute atomic E-state index is 0.0990. The number of aromatic amines is 1. The molecule has 0 bridgehead atoms. The molecule has 0 amide bonds. The summed E-state index contributed by atoms with van der Waals surface area (Å²) < 4.78 is 28.1. The fourth-order valence-corrected chi connectivity index (χ4v) is 1.74. The molecule has 0 spiro atoms. The normalized spacial score (nSPS) is 11.4. The van der Waals surface area contributed by atoms with Gasteiger partial charge in [-0.05, 0) is 12.5 Å². The molecular weight excluding hydrogens is 282 g/mol. The van der Waals surface area contributed by atoms with Gasteiger partial charge in [-0.25, -0.2) is 4.98 Å². The highest BCUT2D eigenvalue weighted by molar-refractivity contribution is 5.32. The Kier molecular flexibility index (Phi) is 4.15. The van der Waals surface area contributed by atoms with Gasteiger partial charge in [0.05, 0.1) is 12.2 Å². The van der Waals surface area contributed by atoms with Gasteiger partial charge in [0.2, 0.25) is 0 Å². The predicted molar refractivity (Wildman–Crippen MR) is 72.0 cm³/mol. The van der Waals surface area contributed by atoms with E-state index >= 15 is 0 Å². The highest BCUT2D eigenvalue weighted by Gasteiger charge is 2.39. The number of aromatic nitrogens is 3. The van der Waals surface area contributed by atoms with Gasteiger partial charge in [0, 0.05) is 18.3 Å². The van der Waals surface area contributed by atoms with E-state index in [-0.39, 0.29) is 10.5 Å². The number of aryl methyl sites for hydroxylation is 1. The van der Waals surface area contributed by atoms with Gasteiger partial charge in [-0.1, -0.05) is 6.92 Å². The molecule has 0 atom stereocenters. The molecule has 112 valence electrons. The Hall–Kier alpha value is -2.51. The number of hydrogen-bond acceptors (Lipinski definition) is 4. The first-order valence-corrected chi connectivity index (χ1v) is 6.33. The second-order valence-electron chi connectivity index (χ2n) is 4.39. The van der Waals surface area contributed by atoms with E-state index in [4.69, 9.17) is 0 Å². The standard InChI is InChI=1S/C13H14F2N4O2/c1-2-9-7-16-12(20)11(18-9)17-8-13(14,15)10-5-3-4-6-19(10)21/h3-7H,2,8H2,1H3,(H,16,20)(H,17,18). The first kappa shape index (κ1) is 14.9. The molecule has 0 aromatic carbocycles. The zero-order chi connectivity index (χ0) is 15.5. The molecular formula is C13H14F2N4O2. The highest BCUT2D eigenvalue weighted by atomic mass is 19.3. The molecule has 0 saturated carbocycles. The van der Waals surface area contributed by atoms with Crippen LogP contribution >= 0.6 is 0 Å². The Bertz CT molecular complexity index is 688. The average Bonchev–Trinajstić information content (AvgIpc) is 2.47. The van der Waals surface area contributed by atoms with Crippen molar-refractivity contribution in [3.05, 3.63) is 57.5 Å². The number of hydrogen-bond donors (Lipinski definition) is 2. The summed E-state index contributed by atoms with van der Waals surface area (Å²) in [5, 5.41) is 13.7. The van der Waals surface area contributed by atoms with Crippen molar-refractivity contribution in [2.75, 3.05) is 11.9 Å². The van der Waals surface area contributed by atoms with Gasteiger partial charge in [-0.15, -0.1) is 0 Å². The van der Waals surface area contributed by atoms with Crippen molar-refractivity contribution in [1.29, 1.82) is 0 Å². The summed E-state index contributed by atoms with van der Waals surface area (Å²) in [4.78, 5) is 17.9. The Morgan fingerprint density at radius 1 is 1.48 bits per heavy atom. The number of nitrogens with one attached hydrogen (secondary N) is 2. The zero-order valence-corrected chi connectivity index (χ0v) is 11.3. The molecule has 0 unspecified atom stereocenters. The second-order valence-corrected chi connectivity index (χ2v) is 4.39. The molecule has 8 heteroatoms. The summed E-state index contributed by atoms with van der Waals surface area (Å²) in [6.45, 7) is 0.922. The number of nitrogens with zero attached hydrogens (tertiary/aromatic N) is 2. The van der Waals surface area contributed by atoms with Crippen LogP contribution in [0.2, 0.25) is 0 Å². The largest absolute Gasteiger partial charge is 0.618 e. The maximum atomic E-state index is 14.0. The summed E-state index contributed by atoms with van der Waals surface area (Å²) in [7, 11) is 0. The maximum Gasteiger partial charge on any atom is 0.347 e. The highest BCUT2D eigenvalue weighted by Crippen LogP contribution is 2.24. The monoisotopic (exact) mass is 296 g/mol. The number of alkyl halides is 2. The van der Waals surface area contributed by atoms with Gasteiger partial charge in [0.1, 0.15) is 0 Å². The van der Waals surface area contributed by atoms with Crippen molar-refractivity contribution in [3.63, 3.8) is 0 Å². The summed E-state index contributed by atoms with van der Waals surface area (Å²) in [6.07, 6.45) is 2.97. The molecule has 2 rings (SSSR count). The second kappa shape index (κ2) is 5.86. The van der Waals surface area contributed by atoms with Crippen molar-refractivity contribution >= 4 is 5.82 Å². The van der Waals surface area contributed by atoms with Gasteiger partial charge in [-0.3, -0.25) is 4.79 Å². The van der Waals surface area contributed by atoms with Crippen LogP contribution in [0.15, 0.2) is 35.4 Å². The number of anilines is 1. The van der Waals surface area contributed by atoms with Crippen molar-refractivity contribution in [1.82, 2.24) is 9.97 Å². The smallest absolute Gasteiger partial charge is 0.347 e. The Morgan fingerprint density at radius 3 is 2.90 bits per heavy atom. The van der Waals surface area contributed by atoms with Crippen molar-refractivity contribution in [2.24, 2.45) is 0 Å². The van der Waals surface area contributed by atoms with Crippen molar-refractivity contribution in [2.45, 2.75) is 19.3 Å². The fraction of sp³-hybridized carbons (Fsp3) is 0.308. The Morgan fingerprint density at radius 2 is 2.24 bits per heavy atom. The maximum absolute atomic E-state index is 14.0. The van der Waals surface area contributed by atoms with Crippen LogP contribution in [-0.4, -0.2) is 16.5 Å². The van der Waals surface area contributed by atoms with E-state index in [2.05, 4.69) is 15.3 Å². The summed E-state index contributed by atoms with van der Waals surface area (Å²) >= 11 is 0. The molecule has 2 aromatic heterocycles. The van der Waals surface area contributed by atoms with E-state index in [1.165, 1.54) is 18.3 Å². The summed E-state index contributed by atoms with van der Waals surface area (Å²) in [5.41, 5.74) is -0.717. The lowest BCUT2D eigenvalue weighted by Gasteiger charge is -2.16. The third-order valence-corrected chi connectivity index (χ3v) is 2.88. The summed E-state index contributed by atoms with van der Waals surface area (Å²) in [6, 6.07) is 3.74. The molecule has 0 aliphatic rings. The fourth-order valence-electron chi connectivity index (χ4n) is 1.74. The topological polar surface area (TPSA) is 84.7 Å². The minimum Gasteiger partial charge on any atom is -0.618 e. The molecule has 0 saturated heterocycles. The number of rotatable bonds is 5. The third-order valence-electron chi connectivity index (χ3n) is 2.88. The van der Waals surface area contributed by atoms with Crippen LogP contribution in [0.3, 0.4) is 0 Å². The average molecular weight is 296 g/mol. The van der Waals surface area contributed by atoms with Crippen LogP contribution in [-0.2, 0) is 12.3 Å². The zero-order valence-electron chi connectivity index (χ0n) is 11.3. The van der Waals surface area contributed by atoms with Crippen LogP contribution in [0.25, 0.3) is 0 Å². The molecule has 0 fully saturated rings. The van der Waals surface area contributed by atoms with Gasteiger partial charge in [-0.2, -0.15) is 13.5 Å². The first-order chi connectivity index (χ1) is 9.94. The number of pyridine rings is 1. The lowest BCUT2D eigenvalue weighted by atomic mass is 10.2. The quantitative estimate of drug-likeness (QED) is 0.640. The van der Waals surface area contributed by atoms with E-state index in [1.54, 1.807) is 0 Å². The van der Waals surface area contributed by atoms with Crippen molar-refractivity contribution < 1.29 is 13.5 Å².